The number of rotatable bonds is 8. The monoisotopic (exact) mass is 431 g/mol. The number of thioether (sulfide) groups is 1. The first kappa shape index (κ1) is 22.7. The molecule has 1 aliphatic rings. The summed E-state index contributed by atoms with van der Waals surface area (Å²) in [6, 6.07) is -0.929. The molecule has 2 heterocycles. The van der Waals surface area contributed by atoms with Gasteiger partial charge in [-0.05, 0) is 18.0 Å². The van der Waals surface area contributed by atoms with Gasteiger partial charge in [-0.15, -0.1) is 0 Å². The molecule has 9 N–H and O–H groups in total. The van der Waals surface area contributed by atoms with Gasteiger partial charge in [0.2, 0.25) is 0 Å². The third-order valence-corrected chi connectivity index (χ3v) is 4.74. The molecule has 5 atom stereocenters. The number of hydrogen-bond donors (Lipinski definition) is 6. The average molecular weight is 432 g/mol. The maximum Gasteiger partial charge on any atom is 2.00 e. The third kappa shape index (κ3) is 5.56. The van der Waals surface area contributed by atoms with Crippen LogP contribution < -0.4 is 17.2 Å². The van der Waals surface area contributed by atoms with Gasteiger partial charge in [-0.25, -0.2) is 4.98 Å². The Morgan fingerprint density at radius 3 is 2.69 bits per heavy atom. The van der Waals surface area contributed by atoms with Crippen LogP contribution in [0.15, 0.2) is 6.33 Å². The second-order valence-electron chi connectivity index (χ2n) is 5.48. The van der Waals surface area contributed by atoms with Crippen molar-refractivity contribution >= 4 is 35.1 Å². The molecule has 1 aromatic rings. The molecule has 13 heteroatoms. The summed E-state index contributed by atoms with van der Waals surface area (Å²) in [5.74, 6) is -0.104. The minimum Gasteiger partial charge on any atom is -0.480 e. The molecule has 1 aliphatic heterocycles. The van der Waals surface area contributed by atoms with Crippen LogP contribution in [-0.4, -0.2) is 73.3 Å². The molecule has 2 rings (SSSR count). The van der Waals surface area contributed by atoms with Crippen LogP contribution in [0.1, 0.15) is 6.42 Å². The van der Waals surface area contributed by atoms with Crippen molar-refractivity contribution in [3.8, 4) is 0 Å². The average Bonchev–Trinajstić information content (AvgIpc) is 2.83. The SMILES string of the molecule is Nc1ncnc([N-]C2OC(CSCCC(N)C(=O)O)C(O)C2O)c1N.[Ni+2]. The number of aromatic nitrogens is 2. The number of anilines is 2. The van der Waals surface area contributed by atoms with Crippen molar-refractivity contribution in [1.29, 1.82) is 0 Å². The third-order valence-electron chi connectivity index (χ3n) is 3.65. The Bertz CT molecular complexity index is 614. The number of hydrogen-bond acceptors (Lipinski definition) is 10. The van der Waals surface area contributed by atoms with E-state index in [0.717, 1.165) is 0 Å². The van der Waals surface area contributed by atoms with Gasteiger partial charge in [-0.2, -0.15) is 11.8 Å². The van der Waals surface area contributed by atoms with Crippen molar-refractivity contribution in [3.05, 3.63) is 11.6 Å². The molecule has 0 spiro atoms. The van der Waals surface area contributed by atoms with Crippen LogP contribution in [-0.2, 0) is 26.0 Å². The largest absolute Gasteiger partial charge is 2.00 e. The van der Waals surface area contributed by atoms with Crippen LogP contribution in [0, 0.1) is 0 Å². The van der Waals surface area contributed by atoms with Crippen molar-refractivity contribution < 1.29 is 41.3 Å². The summed E-state index contributed by atoms with van der Waals surface area (Å²) in [6.07, 6.45) is -2.64. The fourth-order valence-electron chi connectivity index (χ4n) is 2.13. The minimum absolute atomic E-state index is 0. The number of carboxylic acids is 1. The van der Waals surface area contributed by atoms with Crippen LogP contribution >= 0.6 is 11.8 Å². The van der Waals surface area contributed by atoms with E-state index < -0.39 is 36.6 Å². The number of aliphatic hydroxyl groups excluding tert-OH is 2. The Morgan fingerprint density at radius 1 is 1.35 bits per heavy atom. The zero-order chi connectivity index (χ0) is 18.6. The quantitative estimate of drug-likeness (QED) is 0.209. The zero-order valence-electron chi connectivity index (χ0n) is 13.5. The summed E-state index contributed by atoms with van der Waals surface area (Å²) in [5.41, 5.74) is 16.8. The van der Waals surface area contributed by atoms with Gasteiger partial charge in [0.1, 0.15) is 24.1 Å². The maximum atomic E-state index is 10.6. The molecule has 11 nitrogen and oxygen atoms in total. The number of carboxylic acid groups (broad SMARTS) is 1. The van der Waals surface area contributed by atoms with Crippen LogP contribution in [0.5, 0.6) is 0 Å². The van der Waals surface area contributed by atoms with Crippen molar-refractivity contribution in [2.75, 3.05) is 23.0 Å². The van der Waals surface area contributed by atoms with Crippen LogP contribution in [0.2, 0.25) is 0 Å². The summed E-state index contributed by atoms with van der Waals surface area (Å²) in [5, 5.41) is 32.9. The van der Waals surface area contributed by atoms with E-state index in [1.807, 2.05) is 0 Å². The maximum absolute atomic E-state index is 10.6. The number of aliphatic hydroxyl groups is 2. The topological polar surface area (TPSA) is 205 Å². The van der Waals surface area contributed by atoms with Crippen molar-refractivity contribution in [1.82, 2.24) is 9.97 Å². The summed E-state index contributed by atoms with van der Waals surface area (Å²) in [7, 11) is 0. The van der Waals surface area contributed by atoms with Crippen LogP contribution in [0.25, 0.3) is 5.32 Å². The summed E-state index contributed by atoms with van der Waals surface area (Å²) >= 11 is 1.36. The molecule has 0 saturated carbocycles. The van der Waals surface area contributed by atoms with E-state index in [9.17, 15) is 15.0 Å². The molecule has 26 heavy (non-hydrogen) atoms. The van der Waals surface area contributed by atoms with E-state index in [1.54, 1.807) is 0 Å². The molecule has 1 aromatic heterocycles. The number of aliphatic carboxylic acids is 1. The van der Waals surface area contributed by atoms with E-state index in [0.29, 0.717) is 11.5 Å². The Labute approximate surface area is 164 Å². The Morgan fingerprint density at radius 2 is 2.04 bits per heavy atom. The van der Waals surface area contributed by atoms with E-state index in [4.69, 9.17) is 27.0 Å². The van der Waals surface area contributed by atoms with Gasteiger partial charge in [0.25, 0.3) is 0 Å². The van der Waals surface area contributed by atoms with Gasteiger partial charge in [0.15, 0.2) is 0 Å². The number of carbonyl (C=O) groups is 1. The smallest absolute Gasteiger partial charge is 0.480 e. The fraction of sp³-hybridized carbons (Fsp3) is 0.615. The molecule has 5 unspecified atom stereocenters. The van der Waals surface area contributed by atoms with Crippen LogP contribution in [0.3, 0.4) is 0 Å². The van der Waals surface area contributed by atoms with Gasteiger partial charge in [0, 0.05) is 12.1 Å². The Hall–Kier alpha value is -1.37. The van der Waals surface area contributed by atoms with Crippen LogP contribution in [0.4, 0.5) is 17.3 Å². The predicted molar refractivity (Wildman–Crippen MR) is 92.1 cm³/mol. The van der Waals surface area contributed by atoms with E-state index >= 15 is 0 Å². The van der Waals surface area contributed by atoms with Gasteiger partial charge in [-0.3, -0.25) is 4.79 Å². The van der Waals surface area contributed by atoms with Gasteiger partial charge >= 0.3 is 22.5 Å². The molecule has 0 amide bonds. The Balaban J connectivity index is 0.00000338. The molecule has 0 aliphatic carbocycles. The summed E-state index contributed by atoms with van der Waals surface area (Å²) in [4.78, 5) is 18.2. The second kappa shape index (κ2) is 10.1. The normalized spacial score (nSPS) is 26.1. The van der Waals surface area contributed by atoms with Crippen molar-refractivity contribution in [2.24, 2.45) is 5.73 Å². The van der Waals surface area contributed by atoms with Crippen molar-refractivity contribution in [3.63, 3.8) is 0 Å². The van der Waals surface area contributed by atoms with Gasteiger partial charge < -0.3 is 47.6 Å². The number of nitrogens with zero attached hydrogens (tertiary/aromatic N) is 3. The molecular formula is C13H21N6NiO5S+. The standard InChI is InChI=1S/C13H22N6O5S.Ni/c14-5(13(22)23)1-2-25-3-6-8(20)9(21)12(24-6)19-11-7(15)10(16)17-4-18-11;/h4-6,8-9,12,20-21H,1-3,14-15H2,(H4,16,17,18,19,22,23);/q;+2/p-1. The van der Waals surface area contributed by atoms with Crippen molar-refractivity contribution in [2.45, 2.75) is 37.0 Å². The number of nitrogen functional groups attached to an aromatic ring is 2. The molecule has 1 saturated heterocycles. The molecule has 0 radical (unpaired) electrons. The number of ether oxygens (including phenoxy) is 1. The first-order valence-electron chi connectivity index (χ1n) is 7.45. The fourth-order valence-corrected chi connectivity index (χ4v) is 3.22. The zero-order valence-corrected chi connectivity index (χ0v) is 15.3. The Kier molecular flexibility index (Phi) is 8.80. The molecule has 1 fully saturated rings. The first-order chi connectivity index (χ1) is 11.8. The summed E-state index contributed by atoms with van der Waals surface area (Å²) < 4.78 is 5.55. The minimum atomic E-state index is -1.25. The van der Waals surface area contributed by atoms with Gasteiger partial charge in [-0.1, -0.05) is 0 Å². The van der Waals surface area contributed by atoms with E-state index in [1.165, 1.54) is 18.1 Å². The first-order valence-corrected chi connectivity index (χ1v) is 8.61. The summed E-state index contributed by atoms with van der Waals surface area (Å²) in [6.45, 7) is 0. The molecule has 0 aromatic carbocycles. The predicted octanol–water partition coefficient (Wildman–Crippen LogP) is -1.37. The molecular weight excluding hydrogens is 411 g/mol. The van der Waals surface area contributed by atoms with E-state index in [2.05, 4.69) is 15.3 Å². The molecule has 0 bridgehead atoms. The van der Waals surface area contributed by atoms with Gasteiger partial charge in [0.05, 0.1) is 18.0 Å². The number of nitrogens with two attached hydrogens (primary N) is 3. The van der Waals surface area contributed by atoms with E-state index in [-0.39, 0.29) is 40.2 Å². The second-order valence-corrected chi connectivity index (χ2v) is 6.63. The molecule has 148 valence electrons.